The first-order valence-corrected chi connectivity index (χ1v) is 5.64. The van der Waals surface area contributed by atoms with Gasteiger partial charge in [-0.1, -0.05) is 30.7 Å². The van der Waals surface area contributed by atoms with Gasteiger partial charge in [0, 0.05) is 0 Å². The van der Waals surface area contributed by atoms with Crippen LogP contribution < -0.4 is 5.32 Å². The number of benzene rings is 1. The van der Waals surface area contributed by atoms with Crippen molar-refractivity contribution < 1.29 is 9.90 Å². The van der Waals surface area contributed by atoms with E-state index in [2.05, 4.69) is 5.32 Å². The second-order valence-electron chi connectivity index (χ2n) is 3.70. The number of amides is 1. The second kappa shape index (κ2) is 5.87. The van der Waals surface area contributed by atoms with Crippen molar-refractivity contribution in [2.75, 3.05) is 6.61 Å². The molecular weight excluding hydrogens is 226 g/mol. The highest BCUT2D eigenvalue weighted by atomic mass is 35.5. The zero-order valence-corrected chi connectivity index (χ0v) is 10.2. The molecule has 1 aromatic carbocycles. The van der Waals surface area contributed by atoms with E-state index in [-0.39, 0.29) is 18.6 Å². The SMILES string of the molecule is CC[C@H](CO)NC(=O)c1cccc(C)c1Cl. The summed E-state index contributed by atoms with van der Waals surface area (Å²) >= 11 is 6.03. The van der Waals surface area contributed by atoms with E-state index in [0.29, 0.717) is 17.0 Å². The standard InChI is InChI=1S/C12H16ClNO2/c1-3-9(7-15)14-12(16)10-6-4-5-8(2)11(10)13/h4-6,9,15H,3,7H2,1-2H3,(H,14,16)/t9-/m1/s1. The highest BCUT2D eigenvalue weighted by Crippen LogP contribution is 2.20. The fourth-order valence-corrected chi connectivity index (χ4v) is 1.57. The van der Waals surface area contributed by atoms with Gasteiger partial charge in [0.1, 0.15) is 0 Å². The third kappa shape index (κ3) is 2.97. The number of nitrogens with one attached hydrogen (secondary N) is 1. The first-order valence-electron chi connectivity index (χ1n) is 5.27. The molecule has 88 valence electrons. The third-order valence-corrected chi connectivity index (χ3v) is 2.99. The van der Waals surface area contributed by atoms with E-state index in [1.54, 1.807) is 12.1 Å². The fourth-order valence-electron chi connectivity index (χ4n) is 1.36. The largest absolute Gasteiger partial charge is 0.394 e. The van der Waals surface area contributed by atoms with Crippen LogP contribution in [0.1, 0.15) is 29.3 Å². The van der Waals surface area contributed by atoms with Crippen molar-refractivity contribution in [1.29, 1.82) is 0 Å². The highest BCUT2D eigenvalue weighted by Gasteiger charge is 2.14. The Balaban J connectivity index is 2.84. The minimum Gasteiger partial charge on any atom is -0.394 e. The van der Waals surface area contributed by atoms with Crippen molar-refractivity contribution in [1.82, 2.24) is 5.32 Å². The molecule has 1 aromatic rings. The number of carbonyl (C=O) groups excluding carboxylic acids is 1. The van der Waals surface area contributed by atoms with Crippen LogP contribution in [0.15, 0.2) is 18.2 Å². The first-order chi connectivity index (χ1) is 7.60. The molecule has 0 aromatic heterocycles. The Labute approximate surface area is 100 Å². The summed E-state index contributed by atoms with van der Waals surface area (Å²) in [6.07, 6.45) is 0.686. The molecule has 0 saturated carbocycles. The quantitative estimate of drug-likeness (QED) is 0.849. The van der Waals surface area contributed by atoms with E-state index in [9.17, 15) is 4.79 Å². The minimum absolute atomic E-state index is 0.0638. The minimum atomic E-state index is -0.241. The van der Waals surface area contributed by atoms with Gasteiger partial charge >= 0.3 is 0 Å². The molecular formula is C12H16ClNO2. The Kier molecular flexibility index (Phi) is 4.77. The van der Waals surface area contributed by atoms with Gasteiger partial charge in [-0.3, -0.25) is 4.79 Å². The lowest BCUT2D eigenvalue weighted by molar-refractivity contribution is 0.0915. The number of hydrogen-bond acceptors (Lipinski definition) is 2. The van der Waals surface area contributed by atoms with Gasteiger partial charge in [-0.25, -0.2) is 0 Å². The summed E-state index contributed by atoms with van der Waals surface area (Å²) in [6, 6.07) is 5.09. The number of hydrogen-bond donors (Lipinski definition) is 2. The number of rotatable bonds is 4. The maximum atomic E-state index is 11.8. The Hall–Kier alpha value is -1.06. The van der Waals surface area contributed by atoms with E-state index in [0.717, 1.165) is 5.56 Å². The van der Waals surface area contributed by atoms with Crippen molar-refractivity contribution in [2.45, 2.75) is 26.3 Å². The maximum absolute atomic E-state index is 11.8. The second-order valence-corrected chi connectivity index (χ2v) is 4.08. The third-order valence-electron chi connectivity index (χ3n) is 2.48. The van der Waals surface area contributed by atoms with E-state index in [1.807, 2.05) is 19.9 Å². The maximum Gasteiger partial charge on any atom is 0.253 e. The summed E-state index contributed by atoms with van der Waals surface area (Å²) in [7, 11) is 0. The van der Waals surface area contributed by atoms with Crippen molar-refractivity contribution in [3.8, 4) is 0 Å². The normalized spacial score (nSPS) is 12.2. The van der Waals surface area contributed by atoms with Crippen LogP contribution in [0, 0.1) is 6.92 Å². The lowest BCUT2D eigenvalue weighted by atomic mass is 10.1. The summed E-state index contributed by atoms with van der Waals surface area (Å²) in [6.45, 7) is 3.69. The van der Waals surface area contributed by atoms with Crippen LogP contribution >= 0.6 is 11.6 Å². The number of aliphatic hydroxyl groups excluding tert-OH is 1. The Morgan fingerprint density at radius 2 is 2.25 bits per heavy atom. The molecule has 2 N–H and O–H groups in total. The van der Waals surface area contributed by atoms with Crippen LogP contribution in [0.5, 0.6) is 0 Å². The molecule has 0 saturated heterocycles. The summed E-state index contributed by atoms with van der Waals surface area (Å²) in [4.78, 5) is 11.8. The van der Waals surface area contributed by atoms with Crippen LogP contribution in [0.4, 0.5) is 0 Å². The van der Waals surface area contributed by atoms with Crippen molar-refractivity contribution >= 4 is 17.5 Å². The fraction of sp³-hybridized carbons (Fsp3) is 0.417. The summed E-state index contributed by atoms with van der Waals surface area (Å²) in [5.74, 6) is -0.241. The zero-order valence-electron chi connectivity index (χ0n) is 9.46. The average Bonchev–Trinajstić information content (AvgIpc) is 2.29. The molecule has 16 heavy (non-hydrogen) atoms. The molecule has 1 atom stereocenters. The number of halogens is 1. The molecule has 0 aliphatic carbocycles. The molecule has 0 aliphatic heterocycles. The van der Waals surface area contributed by atoms with Gasteiger partial charge < -0.3 is 10.4 Å². The monoisotopic (exact) mass is 241 g/mol. The number of carbonyl (C=O) groups is 1. The van der Waals surface area contributed by atoms with E-state index >= 15 is 0 Å². The predicted octanol–water partition coefficient (Wildman–Crippen LogP) is 2.15. The van der Waals surface area contributed by atoms with Gasteiger partial charge in [-0.15, -0.1) is 0 Å². The summed E-state index contributed by atoms with van der Waals surface area (Å²) in [5, 5.41) is 12.2. The molecule has 0 fully saturated rings. The van der Waals surface area contributed by atoms with Crippen LogP contribution in [0.2, 0.25) is 5.02 Å². The highest BCUT2D eigenvalue weighted by molar-refractivity contribution is 6.34. The summed E-state index contributed by atoms with van der Waals surface area (Å²) < 4.78 is 0. The van der Waals surface area contributed by atoms with Gasteiger partial charge in [0.25, 0.3) is 5.91 Å². The molecule has 1 rings (SSSR count). The zero-order chi connectivity index (χ0) is 12.1. The van der Waals surface area contributed by atoms with Crippen molar-refractivity contribution in [2.24, 2.45) is 0 Å². The van der Waals surface area contributed by atoms with Gasteiger partial charge in [-0.2, -0.15) is 0 Å². The van der Waals surface area contributed by atoms with Crippen LogP contribution in [0.3, 0.4) is 0 Å². The number of aliphatic hydroxyl groups is 1. The molecule has 3 nitrogen and oxygen atoms in total. The molecule has 0 bridgehead atoms. The van der Waals surface area contributed by atoms with Crippen molar-refractivity contribution in [3.05, 3.63) is 34.3 Å². The number of aryl methyl sites for hydroxylation is 1. The van der Waals surface area contributed by atoms with Gasteiger partial charge in [0.15, 0.2) is 0 Å². The molecule has 4 heteroatoms. The molecule has 0 radical (unpaired) electrons. The Bertz CT molecular complexity index is 375. The van der Waals surface area contributed by atoms with Crippen LogP contribution in [-0.4, -0.2) is 23.7 Å². The predicted molar refractivity (Wildman–Crippen MR) is 64.8 cm³/mol. The van der Waals surface area contributed by atoms with Crippen LogP contribution in [-0.2, 0) is 0 Å². The van der Waals surface area contributed by atoms with Crippen molar-refractivity contribution in [3.63, 3.8) is 0 Å². The Morgan fingerprint density at radius 3 is 2.81 bits per heavy atom. The van der Waals surface area contributed by atoms with E-state index in [4.69, 9.17) is 16.7 Å². The first kappa shape index (κ1) is 13.0. The summed E-state index contributed by atoms with van der Waals surface area (Å²) in [5.41, 5.74) is 1.32. The van der Waals surface area contributed by atoms with Gasteiger partial charge in [-0.05, 0) is 25.0 Å². The lowest BCUT2D eigenvalue weighted by Crippen LogP contribution is -2.37. The smallest absolute Gasteiger partial charge is 0.253 e. The molecule has 0 unspecified atom stereocenters. The molecule has 0 spiro atoms. The molecule has 1 amide bonds. The Morgan fingerprint density at radius 1 is 1.56 bits per heavy atom. The average molecular weight is 242 g/mol. The molecule has 0 aliphatic rings. The lowest BCUT2D eigenvalue weighted by Gasteiger charge is -2.15. The molecule has 0 heterocycles. The van der Waals surface area contributed by atoms with E-state index < -0.39 is 0 Å². The van der Waals surface area contributed by atoms with Crippen LogP contribution in [0.25, 0.3) is 0 Å². The van der Waals surface area contributed by atoms with Gasteiger partial charge in [0.05, 0.1) is 23.2 Å². The topological polar surface area (TPSA) is 49.3 Å². The van der Waals surface area contributed by atoms with E-state index in [1.165, 1.54) is 0 Å². The van der Waals surface area contributed by atoms with Gasteiger partial charge in [0.2, 0.25) is 0 Å².